The van der Waals surface area contributed by atoms with Gasteiger partial charge in [0.1, 0.15) is 0 Å². The number of hydrogen-bond acceptors (Lipinski definition) is 2. The number of alkyl halides is 20. The molecule has 0 saturated carbocycles. The van der Waals surface area contributed by atoms with Crippen LogP contribution in [0.4, 0.5) is 87.8 Å². The minimum atomic E-state index is -8.06. The first-order chi connectivity index (χ1) is 21.5. The third-order valence-corrected chi connectivity index (χ3v) is 14.7. The molecule has 23 heteroatoms. The van der Waals surface area contributed by atoms with Gasteiger partial charge in [0.25, 0.3) is 0 Å². The fourth-order valence-corrected chi connectivity index (χ4v) is 12.7. The van der Waals surface area contributed by atoms with Gasteiger partial charge >= 0.3 is 260 Å². The first-order valence-electron chi connectivity index (χ1n) is 12.9. The zero-order chi connectivity index (χ0) is 38.3. The third-order valence-electron chi connectivity index (χ3n) is 8.48. The Morgan fingerprint density at radius 3 is 0.837 bits per heavy atom. The average Bonchev–Trinajstić information content (AvgIpc) is 3.36. The van der Waals surface area contributed by atoms with E-state index in [4.69, 9.17) is 0 Å². The Morgan fingerprint density at radius 2 is 0.633 bits per heavy atom. The van der Waals surface area contributed by atoms with Crippen molar-refractivity contribution in [1.29, 1.82) is 0 Å². The van der Waals surface area contributed by atoms with Crippen molar-refractivity contribution in [3.63, 3.8) is 0 Å². The normalized spacial score (nSPS) is 22.0. The monoisotopic (exact) mass is 772 g/mol. The second-order valence-corrected chi connectivity index (χ2v) is 16.6. The molecule has 0 atom stereocenters. The van der Waals surface area contributed by atoms with Crippen LogP contribution in [0.1, 0.15) is 31.9 Å². The number of halogens is 20. The standard InChI is InChI=1S/C26H17F20O2P/c1-16(2,3)49(14-10-6-4-8-12(14)17(47-49,19(27,28)23(35,36)37)20(29,30)24(38,39)40)15-11-7-5-9-13(15)18(48-49,21(31,32)25(41,42)43)22(33,34)26(44,45)46/h4-11H,1-3H3. The van der Waals surface area contributed by atoms with Crippen molar-refractivity contribution < 1.29 is 96.9 Å². The summed E-state index contributed by atoms with van der Waals surface area (Å²) in [5.41, 5.74) is -18.7. The van der Waals surface area contributed by atoms with E-state index in [2.05, 4.69) is 9.05 Å². The van der Waals surface area contributed by atoms with E-state index in [9.17, 15) is 52.7 Å². The van der Waals surface area contributed by atoms with Gasteiger partial charge in [0.05, 0.1) is 0 Å². The van der Waals surface area contributed by atoms with Crippen molar-refractivity contribution in [2.45, 2.75) is 85.5 Å². The molecule has 2 aromatic rings. The van der Waals surface area contributed by atoms with Gasteiger partial charge in [-0.15, -0.1) is 0 Å². The average molecular weight is 772 g/mol. The molecule has 2 nitrogen and oxygen atoms in total. The third kappa shape index (κ3) is 4.04. The van der Waals surface area contributed by atoms with E-state index in [1.54, 1.807) is 0 Å². The predicted octanol–water partition coefficient (Wildman–Crippen LogP) is 10.1. The van der Waals surface area contributed by atoms with Crippen LogP contribution in [0.2, 0.25) is 0 Å². The summed E-state index contributed by atoms with van der Waals surface area (Å²) in [7, 11) is -8.06. The maximum absolute atomic E-state index is 15.7. The van der Waals surface area contributed by atoms with Crippen molar-refractivity contribution in [2.75, 3.05) is 0 Å². The van der Waals surface area contributed by atoms with E-state index in [0.29, 0.717) is 32.9 Å². The van der Waals surface area contributed by atoms with Crippen LogP contribution >= 0.6 is 7.06 Å². The van der Waals surface area contributed by atoms with Crippen LogP contribution in [0.5, 0.6) is 0 Å². The van der Waals surface area contributed by atoms with Gasteiger partial charge in [0, 0.05) is 0 Å². The van der Waals surface area contributed by atoms with Crippen LogP contribution in [0.3, 0.4) is 0 Å². The quantitative estimate of drug-likeness (QED) is 0.228. The molecule has 0 fully saturated rings. The summed E-state index contributed by atoms with van der Waals surface area (Å²) in [4.78, 5) is 0. The molecule has 0 radical (unpaired) electrons. The molecule has 0 aliphatic carbocycles. The summed E-state index contributed by atoms with van der Waals surface area (Å²) in [5.74, 6) is -30.4. The van der Waals surface area contributed by atoms with E-state index in [0.717, 1.165) is 0 Å². The topological polar surface area (TPSA) is 18.5 Å². The van der Waals surface area contributed by atoms with Gasteiger partial charge in [-0.25, -0.2) is 0 Å². The first kappa shape index (κ1) is 39.2. The second-order valence-electron chi connectivity index (χ2n) is 12.0. The number of rotatable bonds is 4. The molecular formula is C26H17F20O2P. The van der Waals surface area contributed by atoms with Crippen LogP contribution in [-0.4, -0.2) is 53.6 Å². The van der Waals surface area contributed by atoms with Crippen molar-refractivity contribution >= 4 is 17.7 Å². The molecule has 0 bridgehead atoms. The molecule has 0 N–H and O–H groups in total. The zero-order valence-corrected chi connectivity index (χ0v) is 24.8. The molecular weight excluding hydrogens is 755 g/mol. The number of benzene rings is 2. The van der Waals surface area contributed by atoms with E-state index in [1.165, 1.54) is 0 Å². The summed E-state index contributed by atoms with van der Waals surface area (Å²) in [5, 5.41) is -7.35. The van der Waals surface area contributed by atoms with Gasteiger partial charge < -0.3 is 0 Å². The van der Waals surface area contributed by atoms with Gasteiger partial charge in [-0.2, -0.15) is 0 Å². The molecule has 2 heterocycles. The fraction of sp³-hybridized carbons (Fsp3) is 0.538. The predicted molar refractivity (Wildman–Crippen MR) is 128 cm³/mol. The summed E-state index contributed by atoms with van der Waals surface area (Å²) >= 11 is 0. The Hall–Kier alpha value is -2.61. The van der Waals surface area contributed by atoms with E-state index in [1.807, 2.05) is 0 Å². The molecule has 49 heavy (non-hydrogen) atoms. The van der Waals surface area contributed by atoms with Crippen molar-refractivity contribution in [3.8, 4) is 0 Å². The van der Waals surface area contributed by atoms with Crippen LogP contribution in [0.15, 0.2) is 48.5 Å². The first-order valence-corrected chi connectivity index (χ1v) is 15.0. The van der Waals surface area contributed by atoms with Gasteiger partial charge in [-0.3, -0.25) is 0 Å². The SMILES string of the molecule is CC(C)(C)P12(OC(C(F)(F)C(F)(F)F)(C(F)(F)C(F)(F)F)c3ccccc31)OC(C(F)(F)C(F)(F)F)(C(F)(F)C(F)(F)F)c1ccccc12. The molecule has 1 spiro atoms. The van der Waals surface area contributed by atoms with Gasteiger partial charge in [-0.05, 0) is 0 Å². The Kier molecular flexibility index (Phi) is 7.86. The van der Waals surface area contributed by atoms with E-state index < -0.39 is 93.5 Å². The number of fused-ring (bicyclic) bond motifs is 4. The summed E-state index contributed by atoms with van der Waals surface area (Å²) in [6.45, 7) is 0.957. The molecule has 4 rings (SSSR count). The maximum atomic E-state index is 15.7. The fourth-order valence-electron chi connectivity index (χ4n) is 6.31. The molecule has 0 amide bonds. The number of hydrogen-bond donors (Lipinski definition) is 0. The van der Waals surface area contributed by atoms with Crippen LogP contribution in [0.25, 0.3) is 0 Å². The van der Waals surface area contributed by atoms with E-state index >= 15 is 35.1 Å². The van der Waals surface area contributed by atoms with Crippen LogP contribution < -0.4 is 10.6 Å². The summed E-state index contributed by atoms with van der Waals surface area (Å²) < 4.78 is 304. The van der Waals surface area contributed by atoms with Crippen LogP contribution in [-0.2, 0) is 20.2 Å². The van der Waals surface area contributed by atoms with Gasteiger partial charge in [-0.1, -0.05) is 0 Å². The van der Waals surface area contributed by atoms with Crippen molar-refractivity contribution in [2.24, 2.45) is 0 Å². The van der Waals surface area contributed by atoms with Gasteiger partial charge in [0.2, 0.25) is 0 Å². The second kappa shape index (κ2) is 9.83. The van der Waals surface area contributed by atoms with Crippen LogP contribution in [0, 0.1) is 0 Å². The Morgan fingerprint density at radius 1 is 0.408 bits per heavy atom. The summed E-state index contributed by atoms with van der Waals surface area (Å²) in [6.07, 6.45) is -30.3. The Labute approximate surface area is 260 Å². The van der Waals surface area contributed by atoms with Crippen molar-refractivity contribution in [3.05, 3.63) is 59.7 Å². The minimum absolute atomic E-state index is 0.0383. The Bertz CT molecular complexity index is 1480. The molecule has 278 valence electrons. The van der Waals surface area contributed by atoms with Crippen molar-refractivity contribution in [1.82, 2.24) is 0 Å². The molecule has 0 saturated heterocycles. The molecule has 0 aromatic heterocycles. The molecule has 2 aliphatic rings. The molecule has 0 unspecified atom stereocenters. The zero-order valence-electron chi connectivity index (χ0n) is 23.9. The molecule has 2 aromatic carbocycles. The van der Waals surface area contributed by atoms with E-state index in [-0.39, 0.29) is 36.4 Å². The molecule has 2 aliphatic heterocycles. The Balaban J connectivity index is 2.48. The van der Waals surface area contributed by atoms with Gasteiger partial charge in [0.15, 0.2) is 0 Å². The summed E-state index contributed by atoms with van der Waals surface area (Å²) in [6, 6.07) is 0.348.